The van der Waals surface area contributed by atoms with E-state index in [4.69, 9.17) is 15.5 Å². The summed E-state index contributed by atoms with van der Waals surface area (Å²) in [6.07, 6.45) is 0. The summed E-state index contributed by atoms with van der Waals surface area (Å²) in [6.45, 7) is 0. The number of carbonyl (C=O) groups excluding carboxylic acids is 1. The lowest BCUT2D eigenvalue weighted by molar-refractivity contribution is 0.104. The first-order chi connectivity index (χ1) is 15.7. The highest BCUT2D eigenvalue weighted by atomic mass is 32.1. The van der Waals surface area contributed by atoms with Crippen LogP contribution in [0.2, 0.25) is 0 Å². The van der Waals surface area contributed by atoms with E-state index in [0.29, 0.717) is 21.9 Å². The van der Waals surface area contributed by atoms with Crippen LogP contribution in [0.5, 0.6) is 5.75 Å². The fourth-order valence-corrected chi connectivity index (χ4v) is 4.85. The minimum Gasteiger partial charge on any atom is -0.497 e. The number of fused-ring (bicyclic) bond motifs is 1. The Morgan fingerprint density at radius 3 is 2.12 bits per heavy atom. The monoisotopic (exact) mass is 436 g/mol. The Kier molecular flexibility index (Phi) is 5.17. The van der Waals surface area contributed by atoms with Gasteiger partial charge in [0.1, 0.15) is 15.5 Å². The van der Waals surface area contributed by atoms with Crippen molar-refractivity contribution < 1.29 is 9.53 Å². The molecule has 0 amide bonds. The van der Waals surface area contributed by atoms with Gasteiger partial charge in [-0.2, -0.15) is 0 Å². The molecular formula is C27H20N2O2S. The van der Waals surface area contributed by atoms with Crippen LogP contribution >= 0.6 is 11.3 Å². The summed E-state index contributed by atoms with van der Waals surface area (Å²) in [7, 11) is 1.60. The fraction of sp³-hybridized carbons (Fsp3) is 0.0370. The first kappa shape index (κ1) is 20.0. The van der Waals surface area contributed by atoms with E-state index >= 15 is 0 Å². The number of nitrogens with zero attached hydrogens (tertiary/aromatic N) is 1. The molecule has 0 fully saturated rings. The lowest BCUT2D eigenvalue weighted by atomic mass is 9.99. The molecule has 3 aromatic carbocycles. The van der Waals surface area contributed by atoms with E-state index in [2.05, 4.69) is 6.07 Å². The minimum absolute atomic E-state index is 0.117. The van der Waals surface area contributed by atoms with E-state index in [1.54, 1.807) is 31.4 Å². The van der Waals surface area contributed by atoms with Crippen LogP contribution in [-0.4, -0.2) is 17.9 Å². The lowest BCUT2D eigenvalue weighted by Gasteiger charge is -2.09. The number of nitrogens with two attached hydrogens (primary N) is 1. The van der Waals surface area contributed by atoms with Crippen LogP contribution in [0.3, 0.4) is 0 Å². The van der Waals surface area contributed by atoms with E-state index < -0.39 is 0 Å². The van der Waals surface area contributed by atoms with Crippen LogP contribution in [0.25, 0.3) is 32.6 Å². The van der Waals surface area contributed by atoms with Gasteiger partial charge in [-0.1, -0.05) is 60.7 Å². The summed E-state index contributed by atoms with van der Waals surface area (Å²) in [5.74, 6) is 0.583. The maximum absolute atomic E-state index is 13.3. The van der Waals surface area contributed by atoms with Gasteiger partial charge in [0.05, 0.1) is 18.5 Å². The molecule has 0 bridgehead atoms. The number of thiophene rings is 1. The molecule has 0 aliphatic rings. The number of methoxy groups -OCH3 is 1. The second kappa shape index (κ2) is 8.29. The predicted octanol–water partition coefficient (Wildman–Crippen LogP) is 6.45. The zero-order valence-corrected chi connectivity index (χ0v) is 18.2. The molecule has 156 valence electrons. The molecule has 2 heterocycles. The van der Waals surface area contributed by atoms with Crippen LogP contribution < -0.4 is 10.5 Å². The molecule has 5 rings (SSSR count). The largest absolute Gasteiger partial charge is 0.497 e. The number of nitrogen functional groups attached to an aromatic ring is 1. The Morgan fingerprint density at radius 1 is 0.875 bits per heavy atom. The molecule has 2 N–H and O–H groups in total. The van der Waals surface area contributed by atoms with Gasteiger partial charge in [-0.05, 0) is 41.5 Å². The lowest BCUT2D eigenvalue weighted by Crippen LogP contribution is -2.02. The third-order valence-corrected chi connectivity index (χ3v) is 6.51. The molecule has 0 saturated carbocycles. The van der Waals surface area contributed by atoms with Gasteiger partial charge in [0.25, 0.3) is 0 Å². The summed E-state index contributed by atoms with van der Waals surface area (Å²) in [5, 5.41) is 0.817. The van der Waals surface area contributed by atoms with Crippen molar-refractivity contribution in [3.05, 3.63) is 101 Å². The Labute approximate surface area is 189 Å². The summed E-state index contributed by atoms with van der Waals surface area (Å²) < 4.78 is 5.20. The molecule has 0 aliphatic carbocycles. The van der Waals surface area contributed by atoms with Gasteiger partial charge >= 0.3 is 0 Å². The van der Waals surface area contributed by atoms with Crippen molar-refractivity contribution in [1.82, 2.24) is 4.98 Å². The number of pyridine rings is 1. The molecule has 4 nitrogen and oxygen atoms in total. The van der Waals surface area contributed by atoms with Crippen molar-refractivity contribution in [3.63, 3.8) is 0 Å². The number of hydrogen-bond acceptors (Lipinski definition) is 5. The van der Waals surface area contributed by atoms with Crippen molar-refractivity contribution in [2.24, 2.45) is 0 Å². The maximum Gasteiger partial charge on any atom is 0.205 e. The zero-order valence-electron chi connectivity index (χ0n) is 17.4. The summed E-state index contributed by atoms with van der Waals surface area (Å²) in [5.41, 5.74) is 11.5. The molecular weight excluding hydrogens is 416 g/mol. The average Bonchev–Trinajstić information content (AvgIpc) is 3.20. The highest BCUT2D eigenvalue weighted by Gasteiger charge is 2.22. The Morgan fingerprint density at radius 2 is 1.50 bits per heavy atom. The van der Waals surface area contributed by atoms with Crippen molar-refractivity contribution in [2.75, 3.05) is 12.8 Å². The molecule has 0 saturated heterocycles. The van der Waals surface area contributed by atoms with E-state index in [0.717, 1.165) is 32.6 Å². The Balaban J connectivity index is 1.72. The number of carbonyl (C=O) groups is 1. The number of rotatable bonds is 5. The molecule has 5 aromatic rings. The molecule has 0 unspecified atom stereocenters. The van der Waals surface area contributed by atoms with Crippen molar-refractivity contribution in [3.8, 4) is 28.1 Å². The van der Waals surface area contributed by atoms with Gasteiger partial charge in [-0.15, -0.1) is 11.3 Å². The second-order valence-corrected chi connectivity index (χ2v) is 8.37. The highest BCUT2D eigenvalue weighted by molar-refractivity contribution is 7.21. The van der Waals surface area contributed by atoms with E-state index in [9.17, 15) is 4.79 Å². The highest BCUT2D eigenvalue weighted by Crippen LogP contribution is 2.42. The third-order valence-electron chi connectivity index (χ3n) is 5.41. The summed E-state index contributed by atoms with van der Waals surface area (Å²) >= 11 is 1.34. The summed E-state index contributed by atoms with van der Waals surface area (Å²) in [4.78, 5) is 19.4. The van der Waals surface area contributed by atoms with Crippen LogP contribution in [0.1, 0.15) is 15.2 Å². The maximum atomic E-state index is 13.3. The molecule has 32 heavy (non-hydrogen) atoms. The first-order valence-electron chi connectivity index (χ1n) is 10.2. The molecule has 0 spiro atoms. The number of benzene rings is 3. The standard InChI is InChI=1S/C27H20N2O2S/c1-31-20-14-12-19(13-15-20)25(30)26-24(28)23-21(17-8-4-2-5-9-17)16-22(29-27(23)32-26)18-10-6-3-7-11-18/h2-16H,28H2,1H3. The third kappa shape index (κ3) is 3.53. The fourth-order valence-electron chi connectivity index (χ4n) is 3.77. The van der Waals surface area contributed by atoms with Gasteiger partial charge in [0, 0.05) is 16.5 Å². The molecule has 5 heteroatoms. The van der Waals surface area contributed by atoms with Crippen molar-refractivity contribution in [2.45, 2.75) is 0 Å². The van der Waals surface area contributed by atoms with E-state index in [1.807, 2.05) is 60.7 Å². The zero-order chi connectivity index (χ0) is 22.1. The number of ether oxygens (including phenoxy) is 1. The van der Waals surface area contributed by atoms with Gasteiger partial charge in [0.15, 0.2) is 0 Å². The summed E-state index contributed by atoms with van der Waals surface area (Å²) in [6, 6.07) is 29.2. The molecule has 0 aliphatic heterocycles. The van der Waals surface area contributed by atoms with E-state index in [1.165, 1.54) is 11.3 Å². The Hall–Kier alpha value is -3.96. The van der Waals surface area contributed by atoms with E-state index in [-0.39, 0.29) is 5.78 Å². The average molecular weight is 437 g/mol. The smallest absolute Gasteiger partial charge is 0.205 e. The van der Waals surface area contributed by atoms with Crippen LogP contribution in [0, 0.1) is 0 Å². The predicted molar refractivity (Wildman–Crippen MR) is 131 cm³/mol. The number of aromatic nitrogens is 1. The number of hydrogen-bond donors (Lipinski definition) is 1. The van der Waals surface area contributed by atoms with Gasteiger partial charge in [-0.3, -0.25) is 4.79 Å². The molecule has 0 radical (unpaired) electrons. The number of ketones is 1. The topological polar surface area (TPSA) is 65.2 Å². The Bertz CT molecular complexity index is 1410. The van der Waals surface area contributed by atoms with Gasteiger partial charge in [-0.25, -0.2) is 4.98 Å². The van der Waals surface area contributed by atoms with Crippen LogP contribution in [0.4, 0.5) is 5.69 Å². The SMILES string of the molecule is COc1ccc(C(=O)c2sc3nc(-c4ccccc4)cc(-c4ccccc4)c3c2N)cc1. The number of anilines is 1. The van der Waals surface area contributed by atoms with Gasteiger partial charge < -0.3 is 10.5 Å². The quantitative estimate of drug-likeness (QED) is 0.322. The first-order valence-corrected chi connectivity index (χ1v) is 11.0. The van der Waals surface area contributed by atoms with Crippen LogP contribution in [-0.2, 0) is 0 Å². The normalized spacial score (nSPS) is 10.9. The molecule has 2 aromatic heterocycles. The van der Waals surface area contributed by atoms with Crippen LogP contribution in [0.15, 0.2) is 91.0 Å². The second-order valence-electron chi connectivity index (χ2n) is 7.37. The van der Waals surface area contributed by atoms with Crippen molar-refractivity contribution >= 4 is 33.0 Å². The molecule has 0 atom stereocenters. The van der Waals surface area contributed by atoms with Gasteiger partial charge in [0.2, 0.25) is 5.78 Å². The van der Waals surface area contributed by atoms with Crippen molar-refractivity contribution in [1.29, 1.82) is 0 Å². The minimum atomic E-state index is -0.117.